The van der Waals surface area contributed by atoms with Crippen LogP contribution >= 0.6 is 0 Å². The Morgan fingerprint density at radius 2 is 2.06 bits per heavy atom. The van der Waals surface area contributed by atoms with Crippen LogP contribution in [-0.2, 0) is 6.42 Å². The minimum atomic E-state index is -0.0942. The van der Waals surface area contributed by atoms with Gasteiger partial charge in [-0.3, -0.25) is 4.79 Å². The van der Waals surface area contributed by atoms with Crippen LogP contribution in [-0.4, -0.2) is 42.2 Å². The first-order valence-electron chi connectivity index (χ1n) is 6.03. The summed E-state index contributed by atoms with van der Waals surface area (Å²) in [6.45, 7) is 4.90. The third kappa shape index (κ3) is 3.98. The Kier molecular flexibility index (Phi) is 6.11. The van der Waals surface area contributed by atoms with Gasteiger partial charge in [0.05, 0.1) is 6.61 Å². The monoisotopic (exact) mass is 248 g/mol. The molecule has 1 amide bonds. The normalized spacial score (nSPS) is 10.1. The molecule has 0 radical (unpaired) electrons. The molecule has 18 heavy (non-hydrogen) atoms. The summed E-state index contributed by atoms with van der Waals surface area (Å²) < 4.78 is 0. The lowest BCUT2D eigenvalue weighted by molar-refractivity contribution is 0.0743. The van der Waals surface area contributed by atoms with Gasteiger partial charge in [0.1, 0.15) is 0 Å². The summed E-state index contributed by atoms with van der Waals surface area (Å²) in [6, 6.07) is 7.40. The molecule has 0 aromatic heterocycles. The van der Waals surface area contributed by atoms with Crippen LogP contribution in [0, 0.1) is 0 Å². The maximum Gasteiger partial charge on any atom is 0.254 e. The van der Waals surface area contributed by atoms with Gasteiger partial charge in [0.2, 0.25) is 0 Å². The van der Waals surface area contributed by atoms with Crippen molar-refractivity contribution in [1.82, 2.24) is 4.90 Å². The average molecular weight is 248 g/mol. The number of carbonyl (C=O) groups is 1. The number of aliphatic hydroxyl groups is 1. The molecular weight excluding hydrogens is 228 g/mol. The second-order valence-electron chi connectivity index (χ2n) is 4.00. The van der Waals surface area contributed by atoms with Crippen LogP contribution < -0.4 is 5.73 Å². The molecule has 0 saturated heterocycles. The van der Waals surface area contributed by atoms with Gasteiger partial charge < -0.3 is 15.7 Å². The Balaban J connectivity index is 2.77. The fraction of sp³-hybridized carbons (Fsp3) is 0.357. The van der Waals surface area contributed by atoms with Gasteiger partial charge in [0.25, 0.3) is 5.91 Å². The van der Waals surface area contributed by atoms with E-state index in [9.17, 15) is 4.79 Å². The fourth-order valence-electron chi connectivity index (χ4n) is 1.72. The number of nitrogens with two attached hydrogens (primary N) is 1. The summed E-state index contributed by atoms with van der Waals surface area (Å²) in [5.41, 5.74) is 7.21. The number of hydrogen-bond donors (Lipinski definition) is 2. The van der Waals surface area contributed by atoms with Gasteiger partial charge in [-0.1, -0.05) is 18.2 Å². The van der Waals surface area contributed by atoms with E-state index in [4.69, 9.17) is 10.8 Å². The second kappa shape index (κ2) is 7.63. The zero-order valence-corrected chi connectivity index (χ0v) is 10.5. The van der Waals surface area contributed by atoms with E-state index in [0.29, 0.717) is 25.2 Å². The Morgan fingerprint density at radius 1 is 1.39 bits per heavy atom. The highest BCUT2D eigenvalue weighted by atomic mass is 16.3. The lowest BCUT2D eigenvalue weighted by Crippen LogP contribution is -2.33. The molecule has 0 aliphatic rings. The summed E-state index contributed by atoms with van der Waals surface area (Å²) in [5.74, 6) is -0.0942. The predicted octanol–water partition coefficient (Wildman–Crippen LogP) is 0.808. The van der Waals surface area contributed by atoms with Crippen molar-refractivity contribution in [2.24, 2.45) is 5.73 Å². The van der Waals surface area contributed by atoms with Gasteiger partial charge in [0.15, 0.2) is 0 Å². The van der Waals surface area contributed by atoms with Gasteiger partial charge >= 0.3 is 0 Å². The molecule has 4 heteroatoms. The third-order valence-electron chi connectivity index (χ3n) is 2.64. The van der Waals surface area contributed by atoms with Gasteiger partial charge in [0, 0.05) is 18.7 Å². The number of aliphatic hydroxyl groups excluding tert-OH is 1. The van der Waals surface area contributed by atoms with Crippen LogP contribution in [0.2, 0.25) is 0 Å². The van der Waals surface area contributed by atoms with Gasteiger partial charge in [-0.2, -0.15) is 0 Å². The molecule has 1 aromatic rings. The van der Waals surface area contributed by atoms with Crippen molar-refractivity contribution in [1.29, 1.82) is 0 Å². The van der Waals surface area contributed by atoms with E-state index in [1.54, 1.807) is 23.1 Å². The minimum Gasteiger partial charge on any atom is -0.395 e. The van der Waals surface area contributed by atoms with Gasteiger partial charge in [-0.15, -0.1) is 6.58 Å². The number of amides is 1. The van der Waals surface area contributed by atoms with E-state index in [1.807, 2.05) is 12.1 Å². The molecule has 0 aliphatic heterocycles. The number of rotatable bonds is 7. The highest BCUT2D eigenvalue weighted by molar-refractivity contribution is 5.94. The smallest absolute Gasteiger partial charge is 0.254 e. The number of carbonyl (C=O) groups excluding carboxylic acids is 1. The zero-order valence-electron chi connectivity index (χ0n) is 10.5. The molecule has 0 fully saturated rings. The van der Waals surface area contributed by atoms with Crippen LogP contribution in [0.4, 0.5) is 0 Å². The first-order valence-corrected chi connectivity index (χ1v) is 6.03. The second-order valence-corrected chi connectivity index (χ2v) is 4.00. The average Bonchev–Trinajstić information content (AvgIpc) is 2.39. The quantitative estimate of drug-likeness (QED) is 0.702. The van der Waals surface area contributed by atoms with Crippen LogP contribution in [0.3, 0.4) is 0 Å². The van der Waals surface area contributed by atoms with Gasteiger partial charge in [-0.25, -0.2) is 0 Å². The highest BCUT2D eigenvalue weighted by Crippen LogP contribution is 2.08. The predicted molar refractivity (Wildman–Crippen MR) is 72.4 cm³/mol. The molecule has 98 valence electrons. The summed E-state index contributed by atoms with van der Waals surface area (Å²) >= 11 is 0. The standard InChI is InChI=1S/C14H20N2O2/c1-2-9-16(10-11-17)14(18)13-5-3-12(4-6-13)7-8-15/h2-6,17H,1,7-11,15H2. The van der Waals surface area contributed by atoms with E-state index < -0.39 is 0 Å². The van der Waals surface area contributed by atoms with E-state index in [-0.39, 0.29) is 12.5 Å². The molecular formula is C14H20N2O2. The molecule has 0 saturated carbocycles. The van der Waals surface area contributed by atoms with Crippen molar-refractivity contribution in [3.05, 3.63) is 48.0 Å². The first-order chi connectivity index (χ1) is 8.72. The summed E-state index contributed by atoms with van der Waals surface area (Å²) in [6.07, 6.45) is 2.46. The maximum absolute atomic E-state index is 12.1. The first kappa shape index (κ1) is 14.4. The lowest BCUT2D eigenvalue weighted by atomic mass is 10.1. The molecule has 4 nitrogen and oxygen atoms in total. The van der Waals surface area contributed by atoms with E-state index >= 15 is 0 Å². The van der Waals surface area contributed by atoms with Gasteiger partial charge in [-0.05, 0) is 30.7 Å². The number of nitrogens with zero attached hydrogens (tertiary/aromatic N) is 1. The number of hydrogen-bond acceptors (Lipinski definition) is 3. The van der Waals surface area contributed by atoms with Crippen molar-refractivity contribution in [3.8, 4) is 0 Å². The largest absolute Gasteiger partial charge is 0.395 e. The molecule has 0 aliphatic carbocycles. The maximum atomic E-state index is 12.1. The molecule has 0 atom stereocenters. The summed E-state index contributed by atoms with van der Waals surface area (Å²) in [7, 11) is 0. The van der Waals surface area contributed by atoms with Crippen LogP contribution in [0.25, 0.3) is 0 Å². The van der Waals surface area contributed by atoms with Crippen LogP contribution in [0.5, 0.6) is 0 Å². The van der Waals surface area contributed by atoms with Crippen LogP contribution in [0.15, 0.2) is 36.9 Å². The van der Waals surface area contributed by atoms with E-state index in [2.05, 4.69) is 6.58 Å². The Hall–Kier alpha value is -1.65. The summed E-state index contributed by atoms with van der Waals surface area (Å²) in [4.78, 5) is 13.7. The molecule has 0 heterocycles. The van der Waals surface area contributed by atoms with Crippen molar-refractivity contribution < 1.29 is 9.90 Å². The Labute approximate surface area is 108 Å². The summed E-state index contributed by atoms with van der Waals surface area (Å²) in [5, 5.41) is 8.93. The lowest BCUT2D eigenvalue weighted by Gasteiger charge is -2.20. The van der Waals surface area contributed by atoms with Crippen LogP contribution in [0.1, 0.15) is 15.9 Å². The molecule has 1 aromatic carbocycles. The van der Waals surface area contributed by atoms with Crippen molar-refractivity contribution in [2.45, 2.75) is 6.42 Å². The molecule has 3 N–H and O–H groups in total. The van der Waals surface area contributed by atoms with Crippen molar-refractivity contribution in [3.63, 3.8) is 0 Å². The fourth-order valence-corrected chi connectivity index (χ4v) is 1.72. The number of benzene rings is 1. The topological polar surface area (TPSA) is 66.6 Å². The highest BCUT2D eigenvalue weighted by Gasteiger charge is 2.13. The zero-order chi connectivity index (χ0) is 13.4. The SMILES string of the molecule is C=CCN(CCO)C(=O)c1ccc(CCN)cc1. The molecule has 1 rings (SSSR count). The van der Waals surface area contributed by atoms with E-state index in [0.717, 1.165) is 12.0 Å². The Bertz CT molecular complexity index is 387. The molecule has 0 spiro atoms. The van der Waals surface area contributed by atoms with Crippen molar-refractivity contribution in [2.75, 3.05) is 26.2 Å². The Morgan fingerprint density at radius 3 is 2.56 bits per heavy atom. The minimum absolute atomic E-state index is 0.0508. The van der Waals surface area contributed by atoms with Crippen molar-refractivity contribution >= 4 is 5.91 Å². The third-order valence-corrected chi connectivity index (χ3v) is 2.64. The molecule has 0 bridgehead atoms. The molecule has 0 unspecified atom stereocenters. The van der Waals surface area contributed by atoms with E-state index in [1.165, 1.54) is 0 Å².